The molecule has 1 saturated heterocycles. The van der Waals surface area contributed by atoms with Gasteiger partial charge in [0.2, 0.25) is 5.91 Å². The van der Waals surface area contributed by atoms with Gasteiger partial charge in [0, 0.05) is 6.42 Å². The molecule has 0 saturated carbocycles. The predicted molar refractivity (Wildman–Crippen MR) is 89.5 cm³/mol. The van der Waals surface area contributed by atoms with Gasteiger partial charge in [-0.05, 0) is 26.7 Å². The Bertz CT molecular complexity index is 642. The number of carbonyl (C=O) groups is 3. The Balaban J connectivity index is 2.93. The monoisotopic (exact) mass is 453 g/mol. The fourth-order valence-corrected chi connectivity index (χ4v) is 3.46. The number of halogens is 6. The highest BCUT2D eigenvalue weighted by Gasteiger charge is 2.78. The summed E-state index contributed by atoms with van der Waals surface area (Å²) in [7, 11) is 0. The number of esters is 2. The van der Waals surface area contributed by atoms with Crippen LogP contribution < -0.4 is 5.32 Å². The smallest absolute Gasteiger partial charge is 0.448 e. The lowest BCUT2D eigenvalue weighted by Gasteiger charge is -2.30. The van der Waals surface area contributed by atoms with Crippen molar-refractivity contribution >= 4 is 29.6 Å². The molecule has 1 amide bonds. The first-order chi connectivity index (χ1) is 12.8. The van der Waals surface area contributed by atoms with Crippen molar-refractivity contribution in [3.63, 3.8) is 0 Å². The van der Waals surface area contributed by atoms with Crippen molar-refractivity contribution in [3.05, 3.63) is 0 Å². The van der Waals surface area contributed by atoms with Crippen LogP contribution in [0.15, 0.2) is 0 Å². The number of nitrogens with one attached hydrogen (secondary N) is 1. The summed E-state index contributed by atoms with van der Waals surface area (Å²) in [6, 6.07) is -1.21. The predicted octanol–water partition coefficient (Wildman–Crippen LogP) is 3.34. The van der Waals surface area contributed by atoms with Crippen LogP contribution in [0.2, 0.25) is 0 Å². The molecule has 0 aromatic carbocycles. The summed E-state index contributed by atoms with van der Waals surface area (Å²) in [5.41, 5.74) is -0.890. The van der Waals surface area contributed by atoms with E-state index in [-0.39, 0.29) is 0 Å². The highest BCUT2D eigenvalue weighted by Crippen LogP contribution is 2.58. The van der Waals surface area contributed by atoms with Gasteiger partial charge in [-0.3, -0.25) is 9.59 Å². The fraction of sp³-hybridized carbons (Fsp3) is 0.812. The Labute approximate surface area is 167 Å². The molecular formula is C16H21F6NO5S. The Morgan fingerprint density at radius 3 is 1.97 bits per heavy atom. The van der Waals surface area contributed by atoms with Crippen LogP contribution in [-0.2, 0) is 23.9 Å². The molecule has 1 aliphatic heterocycles. The van der Waals surface area contributed by atoms with Crippen molar-refractivity contribution in [2.45, 2.75) is 75.2 Å². The number of alkyl halides is 6. The van der Waals surface area contributed by atoms with Crippen LogP contribution in [0.5, 0.6) is 0 Å². The van der Waals surface area contributed by atoms with Gasteiger partial charge in [0.05, 0.1) is 0 Å². The van der Waals surface area contributed by atoms with E-state index in [0.29, 0.717) is 0 Å². The van der Waals surface area contributed by atoms with Crippen LogP contribution in [0.4, 0.5) is 26.3 Å². The molecule has 1 fully saturated rings. The van der Waals surface area contributed by atoms with E-state index in [1.54, 1.807) is 34.6 Å². The standard InChI is InChI=1S/C16H21F6NO5S/c1-7(2)10(12(26)27-13(3,4)5)23-9(24)6-8-11(25)28-14(29-8,15(17,18)19)16(20,21)22/h7-8,10H,6H2,1-5H3,(H,23,24)/t8?,10-/m0/s1. The number of hydrogen-bond donors (Lipinski definition) is 1. The molecule has 1 aliphatic rings. The van der Waals surface area contributed by atoms with E-state index in [1.165, 1.54) is 0 Å². The lowest BCUT2D eigenvalue weighted by molar-refractivity contribution is -0.327. The summed E-state index contributed by atoms with van der Waals surface area (Å²) in [6.45, 7) is 7.81. The van der Waals surface area contributed by atoms with Gasteiger partial charge in [-0.1, -0.05) is 25.6 Å². The first-order valence-electron chi connectivity index (χ1n) is 8.37. The average Bonchev–Trinajstić information content (AvgIpc) is 2.80. The molecule has 2 atom stereocenters. The third-order valence-electron chi connectivity index (χ3n) is 3.58. The number of rotatable bonds is 5. The zero-order valence-electron chi connectivity index (χ0n) is 16.2. The molecule has 1 unspecified atom stereocenters. The van der Waals surface area contributed by atoms with Gasteiger partial charge in [-0.25, -0.2) is 4.79 Å². The van der Waals surface area contributed by atoms with Crippen LogP contribution in [-0.4, -0.2) is 52.0 Å². The molecular weight excluding hydrogens is 432 g/mol. The largest absolute Gasteiger partial charge is 0.458 e. The topological polar surface area (TPSA) is 81.7 Å². The maximum Gasteiger partial charge on any atom is 0.448 e. The molecule has 0 aliphatic carbocycles. The summed E-state index contributed by atoms with van der Waals surface area (Å²) in [5, 5.41) is 0.143. The lowest BCUT2D eigenvalue weighted by Crippen LogP contribution is -2.54. The van der Waals surface area contributed by atoms with E-state index in [2.05, 4.69) is 10.1 Å². The summed E-state index contributed by atoms with van der Waals surface area (Å²) >= 11 is -0.836. The van der Waals surface area contributed by atoms with Gasteiger partial charge in [-0.15, -0.1) is 0 Å². The van der Waals surface area contributed by atoms with E-state index in [0.717, 1.165) is 0 Å². The molecule has 0 aromatic rings. The highest BCUT2D eigenvalue weighted by molar-refractivity contribution is 8.02. The van der Waals surface area contributed by atoms with Gasteiger partial charge in [0.1, 0.15) is 16.9 Å². The first-order valence-corrected chi connectivity index (χ1v) is 9.25. The molecule has 168 valence electrons. The Hall–Kier alpha value is -1.66. The second kappa shape index (κ2) is 8.23. The number of hydrogen-bond acceptors (Lipinski definition) is 6. The van der Waals surface area contributed by atoms with Crippen molar-refractivity contribution < 1.29 is 50.2 Å². The van der Waals surface area contributed by atoms with Gasteiger partial charge in [0.25, 0.3) is 0 Å². The molecule has 1 rings (SSSR count). The maximum atomic E-state index is 13.0. The van der Waals surface area contributed by atoms with E-state index >= 15 is 0 Å². The summed E-state index contributed by atoms with van der Waals surface area (Å²) in [4.78, 5) is 31.2. The highest BCUT2D eigenvalue weighted by atomic mass is 32.2. The minimum absolute atomic E-state index is 0.499. The summed E-state index contributed by atoms with van der Waals surface area (Å²) in [6.07, 6.45) is -12.9. The van der Waals surface area contributed by atoms with Crippen molar-refractivity contribution in [1.29, 1.82) is 0 Å². The third kappa shape index (κ3) is 5.92. The van der Waals surface area contributed by atoms with Gasteiger partial charge in [0.15, 0.2) is 0 Å². The normalized spacial score (nSPS) is 21.0. The van der Waals surface area contributed by atoms with Crippen LogP contribution in [0, 0.1) is 5.92 Å². The number of amides is 1. The molecule has 1 N–H and O–H groups in total. The summed E-state index contributed by atoms with van der Waals surface area (Å²) < 4.78 is 86.8. The molecule has 0 aromatic heterocycles. The van der Waals surface area contributed by atoms with Crippen LogP contribution in [0.1, 0.15) is 41.0 Å². The molecule has 6 nitrogen and oxygen atoms in total. The Kier molecular flexibility index (Phi) is 7.20. The molecule has 0 spiro atoms. The Morgan fingerprint density at radius 2 is 1.62 bits per heavy atom. The molecule has 0 radical (unpaired) electrons. The van der Waals surface area contributed by atoms with Crippen LogP contribution >= 0.6 is 11.8 Å². The summed E-state index contributed by atoms with van der Waals surface area (Å²) in [5.74, 6) is -4.24. The zero-order chi connectivity index (χ0) is 23.0. The molecule has 13 heteroatoms. The van der Waals surface area contributed by atoms with Crippen molar-refractivity contribution in [2.24, 2.45) is 5.92 Å². The lowest BCUT2D eigenvalue weighted by atomic mass is 10.0. The van der Waals surface area contributed by atoms with Gasteiger partial charge >= 0.3 is 29.2 Å². The van der Waals surface area contributed by atoms with Gasteiger partial charge < -0.3 is 14.8 Å². The molecule has 1 heterocycles. The van der Waals surface area contributed by atoms with Crippen molar-refractivity contribution in [2.75, 3.05) is 0 Å². The molecule has 0 bridgehead atoms. The average molecular weight is 453 g/mol. The van der Waals surface area contributed by atoms with Gasteiger partial charge in [-0.2, -0.15) is 26.3 Å². The quantitative estimate of drug-likeness (QED) is 0.508. The minimum atomic E-state index is -5.94. The first kappa shape index (κ1) is 25.4. The molecule has 29 heavy (non-hydrogen) atoms. The SMILES string of the molecule is CC(C)[C@H](NC(=O)CC1SC(C(F)(F)F)(C(F)(F)F)OC1=O)C(=O)OC(C)(C)C. The number of cyclic esters (lactones) is 1. The van der Waals surface area contributed by atoms with Crippen LogP contribution in [0.25, 0.3) is 0 Å². The zero-order valence-corrected chi connectivity index (χ0v) is 17.0. The van der Waals surface area contributed by atoms with E-state index in [4.69, 9.17) is 4.74 Å². The fourth-order valence-electron chi connectivity index (χ4n) is 2.28. The maximum absolute atomic E-state index is 13.0. The third-order valence-corrected chi connectivity index (χ3v) is 5.10. The van der Waals surface area contributed by atoms with Crippen molar-refractivity contribution in [3.8, 4) is 0 Å². The van der Waals surface area contributed by atoms with E-state index < -0.39 is 76.1 Å². The second-order valence-electron chi connectivity index (χ2n) is 7.67. The van der Waals surface area contributed by atoms with E-state index in [9.17, 15) is 40.7 Å². The number of ether oxygens (including phenoxy) is 2. The van der Waals surface area contributed by atoms with Crippen molar-refractivity contribution in [1.82, 2.24) is 5.32 Å². The van der Waals surface area contributed by atoms with E-state index in [1.807, 2.05) is 0 Å². The second-order valence-corrected chi connectivity index (χ2v) is 9.05. The Morgan fingerprint density at radius 1 is 1.14 bits per heavy atom. The van der Waals surface area contributed by atoms with Crippen LogP contribution in [0.3, 0.4) is 0 Å². The number of carbonyl (C=O) groups excluding carboxylic acids is 3. The number of thioether (sulfide) groups is 1. The minimum Gasteiger partial charge on any atom is -0.458 e.